The summed E-state index contributed by atoms with van der Waals surface area (Å²) in [6, 6.07) is 58.8. The smallest absolute Gasteiger partial charge is 0.243 e. The number of Topliss-reactive ketones (excluding diaryl/α,β-unsaturated/α-hetero) is 1. The van der Waals surface area contributed by atoms with Crippen LogP contribution in [0.15, 0.2) is 212 Å². The molecule has 0 saturated carbocycles. The molecule has 7 aromatic rings. The fraction of sp³-hybridized carbons (Fsp3) is 0.418. The number of amides is 10. The average Bonchev–Trinajstić information content (AvgIpc) is 0.830. The van der Waals surface area contributed by atoms with Crippen molar-refractivity contribution >= 4 is 64.9 Å². The lowest BCUT2D eigenvalue weighted by Gasteiger charge is -2.37. The Morgan fingerprint density at radius 2 is 0.492 bits per heavy atom. The number of nitrogens with two attached hydrogens (primary N) is 5. The molecule has 0 aliphatic carbocycles. The maximum atomic E-state index is 15.8. The first kappa shape index (κ1) is 93.8. The zero-order chi connectivity index (χ0) is 85.6. The van der Waals surface area contributed by atoms with Crippen molar-refractivity contribution in [3.63, 3.8) is 0 Å². The minimum atomic E-state index is -0.832. The standard InChI is InChI=1S/C91H122N16O11/c1-67(74-33-15-8-16-34-74)101(57-81(108)56-98(52-30-48-93)59-86(113)102(58-82(96)109)68(2)75-35-17-9-18-36-75)89(116)65-106(72(6)79-43-25-13-26-44-79)87(114)60-99(53-31-49-94)85(112)63-105(71(5)78-41-23-12-24-42-78)91(118)66-107(73(7)80-45-27-14-28-46-80)88(115)61-100(54-32-50-95)84(111)62-104(70(4)77-39-21-11-22-40-77)90(117)64-103(83(110)55-97-51-29-47-92)69(3)76-37-19-10-20-38-76/h8-28,33-46,67-73,97H,29-32,47-66,92-95H2,1-7H3,(H2,96,109)/t67-,68-,69-,70+,71+,72-,73-/m0/s1. The van der Waals surface area contributed by atoms with E-state index in [4.69, 9.17) is 28.7 Å². The van der Waals surface area contributed by atoms with Gasteiger partial charge in [0, 0.05) is 19.6 Å². The van der Waals surface area contributed by atoms with Gasteiger partial charge in [-0.05, 0) is 146 Å². The molecule has 118 heavy (non-hydrogen) atoms. The number of hydrogen-bond donors (Lipinski definition) is 6. The van der Waals surface area contributed by atoms with Gasteiger partial charge in [0.05, 0.1) is 88.1 Å². The summed E-state index contributed by atoms with van der Waals surface area (Å²) >= 11 is 0. The van der Waals surface area contributed by atoms with Gasteiger partial charge in [-0.1, -0.05) is 212 Å². The minimum absolute atomic E-state index is 0.0192. The molecule has 0 unspecified atom stereocenters. The number of ketones is 1. The van der Waals surface area contributed by atoms with Crippen molar-refractivity contribution in [3.8, 4) is 0 Å². The average molecular weight is 1620 g/mol. The van der Waals surface area contributed by atoms with Gasteiger partial charge in [0.2, 0.25) is 59.1 Å². The second-order valence-electron chi connectivity index (χ2n) is 29.9. The van der Waals surface area contributed by atoms with Crippen LogP contribution in [0.3, 0.4) is 0 Å². The first-order valence-corrected chi connectivity index (χ1v) is 40.8. The first-order chi connectivity index (χ1) is 56.8. The molecule has 7 aromatic carbocycles. The molecule has 0 aliphatic heterocycles. The van der Waals surface area contributed by atoms with Crippen LogP contribution in [-0.2, 0) is 52.7 Å². The zero-order valence-electron chi connectivity index (χ0n) is 69.6. The van der Waals surface area contributed by atoms with Crippen molar-refractivity contribution in [1.29, 1.82) is 0 Å². The molecule has 0 spiro atoms. The molecule has 27 nitrogen and oxygen atoms in total. The molecule has 10 amide bonds. The van der Waals surface area contributed by atoms with E-state index in [9.17, 15) is 19.2 Å². The Bertz CT molecular complexity index is 4300. The molecule has 632 valence electrons. The summed E-state index contributed by atoms with van der Waals surface area (Å²) in [5.41, 5.74) is 34.7. The van der Waals surface area contributed by atoms with Gasteiger partial charge in [-0.2, -0.15) is 0 Å². The number of nitrogens with zero attached hydrogens (tertiary/aromatic N) is 10. The molecule has 0 aliphatic rings. The molecule has 0 heterocycles. The number of hydrogen-bond acceptors (Lipinski definition) is 17. The Kier molecular flexibility index (Phi) is 39.0. The molecule has 0 fully saturated rings. The molecule has 0 aromatic heterocycles. The van der Waals surface area contributed by atoms with Gasteiger partial charge >= 0.3 is 0 Å². The quantitative estimate of drug-likeness (QED) is 0.0207. The predicted octanol–water partition coefficient (Wildman–Crippen LogP) is 7.11. The summed E-state index contributed by atoms with van der Waals surface area (Å²) in [7, 11) is 0. The Balaban J connectivity index is 1.19. The molecule has 0 radical (unpaired) electrons. The SMILES string of the molecule is C[C@H](c1ccccc1)N(CC(=O)N(CCCN)CC(=O)N(CC(=O)N(CC(=O)N(CCCN)CC(=O)N(CC(=O)N(CC(=O)CN(CCCN)CC(=O)N(CC(N)=O)[C@@H](C)c1ccccc1)[C@@H](C)c1ccccc1)[C@@H](C)c1ccccc1)[C@H](C)c1ccccc1)[C@@H](C)c1ccccc1)C(=O)CN(C(=O)CNCCCN)[C@@H](C)c1ccccc1. The van der Waals surface area contributed by atoms with Crippen LogP contribution >= 0.6 is 0 Å². The fourth-order valence-corrected chi connectivity index (χ4v) is 14.3. The highest BCUT2D eigenvalue weighted by Crippen LogP contribution is 2.30. The third-order valence-electron chi connectivity index (χ3n) is 21.6. The van der Waals surface area contributed by atoms with E-state index in [0.29, 0.717) is 53.7 Å². The predicted molar refractivity (Wildman–Crippen MR) is 457 cm³/mol. The van der Waals surface area contributed by atoms with Crippen LogP contribution in [0.1, 0.15) is 155 Å². The van der Waals surface area contributed by atoms with Crippen molar-refractivity contribution in [1.82, 2.24) is 54.3 Å². The molecule has 0 bridgehead atoms. The van der Waals surface area contributed by atoms with Crippen LogP contribution in [0.4, 0.5) is 0 Å². The molecular weight excluding hydrogens is 1490 g/mol. The van der Waals surface area contributed by atoms with Gasteiger partial charge in [-0.3, -0.25) is 57.6 Å². The van der Waals surface area contributed by atoms with Crippen molar-refractivity contribution in [2.24, 2.45) is 28.7 Å². The second kappa shape index (κ2) is 49.0. The van der Waals surface area contributed by atoms with Gasteiger partial charge in [0.25, 0.3) is 0 Å². The fourth-order valence-electron chi connectivity index (χ4n) is 14.3. The van der Waals surface area contributed by atoms with Crippen molar-refractivity contribution in [2.45, 2.75) is 116 Å². The highest BCUT2D eigenvalue weighted by molar-refractivity contribution is 5.95. The number of benzene rings is 7. The molecule has 7 atom stereocenters. The Hall–Kier alpha value is -11.3. The van der Waals surface area contributed by atoms with Crippen LogP contribution < -0.4 is 34.0 Å². The number of carbonyl (C=O) groups excluding carboxylic acids is 11. The van der Waals surface area contributed by atoms with Crippen LogP contribution in [-0.4, -0.2) is 245 Å². The molecule has 7 rings (SSSR count). The van der Waals surface area contributed by atoms with Crippen molar-refractivity contribution in [2.75, 3.05) is 131 Å². The van der Waals surface area contributed by atoms with E-state index in [1.165, 1.54) is 44.1 Å². The topological polar surface area (TPSA) is 362 Å². The maximum Gasteiger partial charge on any atom is 0.243 e. The van der Waals surface area contributed by atoms with E-state index in [1.807, 2.05) is 171 Å². The van der Waals surface area contributed by atoms with Crippen LogP contribution in [0, 0.1) is 0 Å². The van der Waals surface area contributed by atoms with Gasteiger partial charge in [-0.15, -0.1) is 0 Å². The maximum absolute atomic E-state index is 15.8. The number of rotatable bonds is 50. The van der Waals surface area contributed by atoms with Crippen molar-refractivity contribution < 1.29 is 52.7 Å². The summed E-state index contributed by atoms with van der Waals surface area (Å²) in [6.07, 6.45) is 1.50. The van der Waals surface area contributed by atoms with E-state index in [1.54, 1.807) is 95.0 Å². The third kappa shape index (κ3) is 28.5. The number of carbonyl (C=O) groups is 11. The van der Waals surface area contributed by atoms with E-state index in [-0.39, 0.29) is 84.2 Å². The first-order valence-electron chi connectivity index (χ1n) is 40.8. The van der Waals surface area contributed by atoms with Gasteiger partial charge in [0.1, 0.15) is 32.7 Å². The highest BCUT2D eigenvalue weighted by Gasteiger charge is 2.38. The normalized spacial score (nSPS) is 12.9. The largest absolute Gasteiger partial charge is 0.368 e. The summed E-state index contributed by atoms with van der Waals surface area (Å²) in [6.45, 7) is 8.60. The molecular formula is C91H122N16O11. The lowest BCUT2D eigenvalue weighted by atomic mass is 10.0. The molecule has 11 N–H and O–H groups in total. The monoisotopic (exact) mass is 1610 g/mol. The van der Waals surface area contributed by atoms with Crippen LogP contribution in [0.25, 0.3) is 0 Å². The number of nitrogens with one attached hydrogen (secondary N) is 1. The van der Waals surface area contributed by atoms with E-state index >= 15 is 33.6 Å². The van der Waals surface area contributed by atoms with Crippen LogP contribution in [0.2, 0.25) is 0 Å². The molecule has 0 saturated heterocycles. The van der Waals surface area contributed by atoms with Crippen molar-refractivity contribution in [3.05, 3.63) is 251 Å². The summed E-state index contributed by atoms with van der Waals surface area (Å²) in [5.74, 6) is -6.34. The van der Waals surface area contributed by atoms with Gasteiger partial charge in [-0.25, -0.2) is 0 Å². The minimum Gasteiger partial charge on any atom is -0.368 e. The Morgan fingerprint density at radius 3 is 0.763 bits per heavy atom. The molecule has 27 heteroatoms. The lowest BCUT2D eigenvalue weighted by Crippen LogP contribution is -2.53. The van der Waals surface area contributed by atoms with E-state index < -0.39 is 154 Å². The number of primary amides is 1. The highest BCUT2D eigenvalue weighted by atomic mass is 16.2. The summed E-state index contributed by atoms with van der Waals surface area (Å²) in [5, 5.41) is 3.14. The Morgan fingerprint density at radius 1 is 0.263 bits per heavy atom. The second-order valence-corrected chi connectivity index (χ2v) is 29.9. The van der Waals surface area contributed by atoms with E-state index in [2.05, 4.69) is 5.32 Å². The summed E-state index contributed by atoms with van der Waals surface area (Å²) in [4.78, 5) is 178. The van der Waals surface area contributed by atoms with E-state index in [0.717, 1.165) is 11.1 Å². The Labute approximate surface area is 695 Å². The summed E-state index contributed by atoms with van der Waals surface area (Å²) < 4.78 is 0. The zero-order valence-corrected chi connectivity index (χ0v) is 69.6. The van der Waals surface area contributed by atoms with Gasteiger partial charge in [0.15, 0.2) is 5.78 Å². The van der Waals surface area contributed by atoms with Gasteiger partial charge < -0.3 is 78.1 Å². The van der Waals surface area contributed by atoms with Crippen LogP contribution in [0.5, 0.6) is 0 Å². The lowest BCUT2D eigenvalue weighted by molar-refractivity contribution is -0.151. The third-order valence-corrected chi connectivity index (χ3v) is 21.6.